The first-order chi connectivity index (χ1) is 7.06. The summed E-state index contributed by atoms with van der Waals surface area (Å²) >= 11 is 11.8. The van der Waals surface area contributed by atoms with Crippen molar-refractivity contribution < 1.29 is 0 Å². The largest absolute Gasteiger partial charge is 0.231 e. The maximum absolute atomic E-state index is 6.00. The first-order valence-electron chi connectivity index (χ1n) is 4.76. The number of aromatic nitrogens is 3. The van der Waals surface area contributed by atoms with Crippen LogP contribution in [0.15, 0.2) is 12.3 Å². The molecule has 2 heterocycles. The fraction of sp³-hybridized carbons (Fsp3) is 0.400. The highest BCUT2D eigenvalue weighted by atomic mass is 35.5. The predicted molar refractivity (Wildman–Crippen MR) is 61.5 cm³/mol. The SMILES string of the molecule is CC(C)Cc1cn2nc(Cl)cc(Cl)c2n1. The van der Waals surface area contributed by atoms with Gasteiger partial charge in [0.25, 0.3) is 0 Å². The molecule has 0 aliphatic carbocycles. The van der Waals surface area contributed by atoms with Gasteiger partial charge >= 0.3 is 0 Å². The molecule has 2 rings (SSSR count). The van der Waals surface area contributed by atoms with Crippen LogP contribution < -0.4 is 0 Å². The van der Waals surface area contributed by atoms with E-state index in [1.54, 1.807) is 10.6 Å². The highest BCUT2D eigenvalue weighted by Gasteiger charge is 2.08. The van der Waals surface area contributed by atoms with Crippen molar-refractivity contribution in [2.45, 2.75) is 20.3 Å². The van der Waals surface area contributed by atoms with Crippen molar-refractivity contribution in [3.63, 3.8) is 0 Å². The zero-order valence-corrected chi connectivity index (χ0v) is 10.0. The van der Waals surface area contributed by atoms with Gasteiger partial charge < -0.3 is 0 Å². The molecular weight excluding hydrogens is 233 g/mol. The summed E-state index contributed by atoms with van der Waals surface area (Å²) in [5, 5.41) is 5.01. The maximum Gasteiger partial charge on any atom is 0.172 e. The summed E-state index contributed by atoms with van der Waals surface area (Å²) in [6.45, 7) is 4.29. The van der Waals surface area contributed by atoms with Crippen molar-refractivity contribution in [1.29, 1.82) is 0 Å². The standard InChI is InChI=1S/C10H11Cl2N3/c1-6(2)3-7-5-15-10(13-7)8(11)4-9(12)14-15/h4-6H,3H2,1-2H3. The molecule has 0 aliphatic heterocycles. The summed E-state index contributed by atoms with van der Waals surface area (Å²) < 4.78 is 1.63. The van der Waals surface area contributed by atoms with Gasteiger partial charge in [-0.05, 0) is 18.4 Å². The summed E-state index contributed by atoms with van der Waals surface area (Å²) in [6, 6.07) is 1.60. The Balaban J connectivity index is 2.50. The molecule has 3 nitrogen and oxygen atoms in total. The lowest BCUT2D eigenvalue weighted by molar-refractivity contribution is 0.637. The van der Waals surface area contributed by atoms with Crippen molar-refractivity contribution in [2.75, 3.05) is 0 Å². The van der Waals surface area contributed by atoms with Crippen molar-refractivity contribution in [1.82, 2.24) is 14.6 Å². The van der Waals surface area contributed by atoms with Gasteiger partial charge in [0.05, 0.1) is 16.9 Å². The van der Waals surface area contributed by atoms with Crippen LogP contribution in [0.4, 0.5) is 0 Å². The molecule has 0 saturated carbocycles. The fourth-order valence-corrected chi connectivity index (χ4v) is 1.95. The number of rotatable bonds is 2. The number of fused-ring (bicyclic) bond motifs is 1. The van der Waals surface area contributed by atoms with E-state index in [0.29, 0.717) is 21.7 Å². The molecule has 0 saturated heterocycles. The predicted octanol–water partition coefficient (Wildman–Crippen LogP) is 3.23. The smallest absolute Gasteiger partial charge is 0.172 e. The average molecular weight is 244 g/mol. The number of nitrogens with zero attached hydrogens (tertiary/aromatic N) is 3. The van der Waals surface area contributed by atoms with E-state index in [4.69, 9.17) is 23.2 Å². The second-order valence-corrected chi connectivity index (χ2v) is 4.71. The molecule has 0 unspecified atom stereocenters. The zero-order chi connectivity index (χ0) is 11.0. The van der Waals surface area contributed by atoms with Crippen LogP contribution in [0.1, 0.15) is 19.5 Å². The Bertz CT molecular complexity index is 491. The van der Waals surface area contributed by atoms with Crippen LogP contribution >= 0.6 is 23.2 Å². The van der Waals surface area contributed by atoms with Gasteiger partial charge in [0.15, 0.2) is 10.8 Å². The van der Waals surface area contributed by atoms with E-state index < -0.39 is 0 Å². The van der Waals surface area contributed by atoms with Crippen LogP contribution in [0.5, 0.6) is 0 Å². The number of hydrogen-bond donors (Lipinski definition) is 0. The summed E-state index contributed by atoms with van der Waals surface area (Å²) in [5.41, 5.74) is 1.65. The Morgan fingerprint density at radius 2 is 2.13 bits per heavy atom. The van der Waals surface area contributed by atoms with Crippen molar-refractivity contribution in [3.05, 3.63) is 28.1 Å². The molecule has 15 heavy (non-hydrogen) atoms. The summed E-state index contributed by atoms with van der Waals surface area (Å²) in [5.74, 6) is 0.559. The molecule has 0 fully saturated rings. The van der Waals surface area contributed by atoms with Crippen LogP contribution in [0.3, 0.4) is 0 Å². The minimum absolute atomic E-state index is 0.376. The van der Waals surface area contributed by atoms with Gasteiger partial charge in [0.2, 0.25) is 0 Å². The van der Waals surface area contributed by atoms with Gasteiger partial charge in [-0.3, -0.25) is 0 Å². The molecule has 0 aliphatic rings. The van der Waals surface area contributed by atoms with E-state index in [-0.39, 0.29) is 0 Å². The highest BCUT2D eigenvalue weighted by molar-refractivity contribution is 6.35. The normalized spacial score (nSPS) is 11.5. The molecule has 0 N–H and O–H groups in total. The summed E-state index contributed by atoms with van der Waals surface area (Å²) in [4.78, 5) is 4.40. The third kappa shape index (κ3) is 2.24. The first kappa shape index (κ1) is 10.7. The van der Waals surface area contributed by atoms with Gasteiger partial charge in [-0.1, -0.05) is 37.0 Å². The number of hydrogen-bond acceptors (Lipinski definition) is 2. The molecule has 0 bridgehead atoms. The molecule has 5 heteroatoms. The molecule has 0 aromatic carbocycles. The molecule has 0 radical (unpaired) electrons. The third-order valence-corrected chi connectivity index (χ3v) is 2.48. The minimum atomic E-state index is 0.376. The van der Waals surface area contributed by atoms with Gasteiger partial charge in [-0.2, -0.15) is 5.10 Å². The van der Waals surface area contributed by atoms with Crippen LogP contribution in [0, 0.1) is 5.92 Å². The van der Waals surface area contributed by atoms with Crippen LogP contribution in [-0.4, -0.2) is 14.6 Å². The van der Waals surface area contributed by atoms with E-state index in [0.717, 1.165) is 12.1 Å². The van der Waals surface area contributed by atoms with Gasteiger partial charge in [0.1, 0.15) is 0 Å². The number of halogens is 2. The molecule has 2 aromatic rings. The molecule has 0 spiro atoms. The highest BCUT2D eigenvalue weighted by Crippen LogP contribution is 2.20. The molecule has 80 valence electrons. The van der Waals surface area contributed by atoms with Crippen molar-refractivity contribution >= 4 is 28.8 Å². The molecule has 0 atom stereocenters. The zero-order valence-electron chi connectivity index (χ0n) is 8.54. The van der Waals surface area contributed by atoms with Crippen molar-refractivity contribution in [3.8, 4) is 0 Å². The van der Waals surface area contributed by atoms with Crippen molar-refractivity contribution in [2.24, 2.45) is 5.92 Å². The van der Waals surface area contributed by atoms with Crippen LogP contribution in [0.25, 0.3) is 5.65 Å². The number of imidazole rings is 1. The average Bonchev–Trinajstić information content (AvgIpc) is 2.45. The molecular formula is C10H11Cl2N3. The van der Waals surface area contributed by atoms with Gasteiger partial charge in [0, 0.05) is 0 Å². The van der Waals surface area contributed by atoms with E-state index in [1.807, 2.05) is 6.20 Å². The molecule has 0 amide bonds. The lowest BCUT2D eigenvalue weighted by atomic mass is 10.1. The monoisotopic (exact) mass is 243 g/mol. The van der Waals surface area contributed by atoms with E-state index >= 15 is 0 Å². The Labute approximate surface area is 98.0 Å². The fourth-order valence-electron chi connectivity index (χ4n) is 1.48. The van der Waals surface area contributed by atoms with Gasteiger partial charge in [-0.15, -0.1) is 0 Å². The second kappa shape index (κ2) is 3.99. The Kier molecular flexibility index (Phi) is 2.85. The Hall–Kier alpha value is -0.800. The first-order valence-corrected chi connectivity index (χ1v) is 5.52. The van der Waals surface area contributed by atoms with Crippen LogP contribution in [-0.2, 0) is 6.42 Å². The van der Waals surface area contributed by atoms with E-state index in [2.05, 4.69) is 23.9 Å². The van der Waals surface area contributed by atoms with Crippen LogP contribution in [0.2, 0.25) is 10.2 Å². The summed E-state index contributed by atoms with van der Waals surface area (Å²) in [6.07, 6.45) is 2.78. The van der Waals surface area contributed by atoms with E-state index in [1.165, 1.54) is 0 Å². The topological polar surface area (TPSA) is 30.2 Å². The third-order valence-electron chi connectivity index (χ3n) is 2.02. The van der Waals surface area contributed by atoms with E-state index in [9.17, 15) is 0 Å². The Morgan fingerprint density at radius 3 is 2.80 bits per heavy atom. The summed E-state index contributed by atoms with van der Waals surface area (Å²) in [7, 11) is 0. The van der Waals surface area contributed by atoms with Gasteiger partial charge in [-0.25, -0.2) is 9.50 Å². The lowest BCUT2D eigenvalue weighted by Gasteiger charge is -1.97. The second-order valence-electron chi connectivity index (χ2n) is 3.91. The quantitative estimate of drug-likeness (QED) is 0.811. The lowest BCUT2D eigenvalue weighted by Crippen LogP contribution is -1.93. The Morgan fingerprint density at radius 1 is 1.40 bits per heavy atom. The minimum Gasteiger partial charge on any atom is -0.231 e. The maximum atomic E-state index is 6.00. The molecule has 2 aromatic heterocycles.